The molecule has 0 unspecified atom stereocenters. The molecule has 1 aliphatic heterocycles. The molecule has 27 heavy (non-hydrogen) atoms. The van der Waals surface area contributed by atoms with E-state index in [1.807, 2.05) is 18.2 Å². The Balaban J connectivity index is 2.04. The minimum Gasteiger partial charge on any atom is -0.489 e. The van der Waals surface area contributed by atoms with Gasteiger partial charge in [0, 0.05) is 17.5 Å². The monoisotopic (exact) mass is 385 g/mol. The summed E-state index contributed by atoms with van der Waals surface area (Å²) < 4.78 is 5.66. The number of fused-ring (bicyclic) bond motifs is 1. The summed E-state index contributed by atoms with van der Waals surface area (Å²) in [6.45, 7) is 5.47. The number of aliphatic hydroxyl groups is 1. The molecule has 0 aliphatic carbocycles. The number of anilines is 1. The van der Waals surface area contributed by atoms with Crippen molar-refractivity contribution in [1.82, 2.24) is 0 Å². The lowest BCUT2D eigenvalue weighted by atomic mass is 9.90. The number of carbonyl (C=O) groups is 2. The van der Waals surface area contributed by atoms with Crippen LogP contribution in [0.1, 0.15) is 24.5 Å². The summed E-state index contributed by atoms with van der Waals surface area (Å²) in [5.74, 6) is -0.242. The number of para-hydroxylation sites is 2. The molecule has 3 rings (SSSR count). The molecule has 0 saturated heterocycles. The molecule has 2 aromatic rings. The molecule has 1 atom stereocenters. The minimum atomic E-state index is -1.91. The van der Waals surface area contributed by atoms with Crippen LogP contribution in [-0.2, 0) is 21.7 Å². The van der Waals surface area contributed by atoms with Gasteiger partial charge in [0.05, 0.1) is 17.3 Å². The number of carbonyl (C=O) groups excluding carboxylic acids is 2. The van der Waals surface area contributed by atoms with E-state index in [1.54, 1.807) is 30.3 Å². The van der Waals surface area contributed by atoms with Crippen LogP contribution in [0.15, 0.2) is 55.1 Å². The van der Waals surface area contributed by atoms with Crippen molar-refractivity contribution in [1.29, 1.82) is 0 Å². The molecule has 1 aliphatic rings. The molecule has 1 N–H and O–H groups in total. The van der Waals surface area contributed by atoms with Crippen molar-refractivity contribution in [3.05, 3.63) is 71.3 Å². The highest BCUT2D eigenvalue weighted by molar-refractivity contribution is 6.35. The first-order valence-electron chi connectivity index (χ1n) is 8.53. The molecule has 2 aromatic carbocycles. The first-order chi connectivity index (χ1) is 12.9. The van der Waals surface area contributed by atoms with Gasteiger partial charge in [0.1, 0.15) is 18.1 Å². The van der Waals surface area contributed by atoms with Crippen molar-refractivity contribution in [2.75, 3.05) is 11.5 Å². The van der Waals surface area contributed by atoms with Gasteiger partial charge in [-0.3, -0.25) is 9.59 Å². The van der Waals surface area contributed by atoms with Crippen molar-refractivity contribution in [3.8, 4) is 5.75 Å². The largest absolute Gasteiger partial charge is 0.489 e. The fraction of sp³-hybridized carbons (Fsp3) is 0.238. The fourth-order valence-electron chi connectivity index (χ4n) is 3.34. The molecule has 0 bridgehead atoms. The zero-order valence-corrected chi connectivity index (χ0v) is 15.7. The molecule has 140 valence electrons. The second-order valence-corrected chi connectivity index (χ2v) is 6.88. The van der Waals surface area contributed by atoms with Crippen LogP contribution in [0.25, 0.3) is 0 Å². The zero-order valence-electron chi connectivity index (χ0n) is 14.9. The van der Waals surface area contributed by atoms with Crippen LogP contribution in [0.3, 0.4) is 0 Å². The molecular formula is C21H20ClNO4. The van der Waals surface area contributed by atoms with E-state index >= 15 is 0 Å². The predicted octanol–water partition coefficient (Wildman–Crippen LogP) is 3.62. The standard InChI is InChI=1S/C21H20ClNO4/c1-3-11-27-18-10-5-4-7-15(18)13-23-19-16(8-6-9-17(19)22)21(26,20(23)25)12-14(2)24/h3-10,26H,1,11-13H2,2H3/t21-/m1/s1. The average molecular weight is 386 g/mol. The van der Waals surface area contributed by atoms with Gasteiger partial charge in [-0.25, -0.2) is 0 Å². The molecule has 0 spiro atoms. The number of hydrogen-bond donors (Lipinski definition) is 1. The Kier molecular flexibility index (Phi) is 5.35. The molecule has 1 amide bonds. The van der Waals surface area contributed by atoms with E-state index in [-0.39, 0.29) is 18.7 Å². The number of ketones is 1. The first kappa shape index (κ1) is 19.1. The van der Waals surface area contributed by atoms with Gasteiger partial charge in [0.2, 0.25) is 0 Å². The summed E-state index contributed by atoms with van der Waals surface area (Å²) in [5.41, 5.74) is -0.389. The highest BCUT2D eigenvalue weighted by atomic mass is 35.5. The van der Waals surface area contributed by atoms with Crippen molar-refractivity contribution in [3.63, 3.8) is 0 Å². The van der Waals surface area contributed by atoms with E-state index < -0.39 is 11.5 Å². The highest BCUT2D eigenvalue weighted by Crippen LogP contribution is 2.47. The van der Waals surface area contributed by atoms with Crippen LogP contribution in [0, 0.1) is 0 Å². The summed E-state index contributed by atoms with van der Waals surface area (Å²) in [6.07, 6.45) is 1.33. The van der Waals surface area contributed by atoms with Crippen LogP contribution in [0.2, 0.25) is 5.02 Å². The predicted molar refractivity (Wildman–Crippen MR) is 104 cm³/mol. The van der Waals surface area contributed by atoms with Gasteiger partial charge in [-0.2, -0.15) is 0 Å². The second kappa shape index (κ2) is 7.55. The van der Waals surface area contributed by atoms with Gasteiger partial charge in [-0.05, 0) is 19.1 Å². The third kappa shape index (κ3) is 3.48. The Morgan fingerprint density at radius 2 is 2.04 bits per heavy atom. The van der Waals surface area contributed by atoms with Gasteiger partial charge in [-0.1, -0.05) is 54.6 Å². The molecule has 0 aromatic heterocycles. The van der Waals surface area contributed by atoms with E-state index in [2.05, 4.69) is 6.58 Å². The molecule has 0 fully saturated rings. The molecule has 5 nitrogen and oxygen atoms in total. The number of hydrogen-bond acceptors (Lipinski definition) is 4. The van der Waals surface area contributed by atoms with Gasteiger partial charge >= 0.3 is 0 Å². The third-order valence-electron chi connectivity index (χ3n) is 4.46. The molecule has 0 radical (unpaired) electrons. The van der Waals surface area contributed by atoms with E-state index in [0.29, 0.717) is 28.6 Å². The van der Waals surface area contributed by atoms with Crippen molar-refractivity contribution in [2.45, 2.75) is 25.5 Å². The lowest BCUT2D eigenvalue weighted by molar-refractivity contribution is -0.141. The lowest BCUT2D eigenvalue weighted by Crippen LogP contribution is -2.41. The fourth-order valence-corrected chi connectivity index (χ4v) is 3.62. The van der Waals surface area contributed by atoms with Gasteiger partial charge in [-0.15, -0.1) is 0 Å². The maximum absolute atomic E-state index is 13.1. The van der Waals surface area contributed by atoms with Crippen LogP contribution in [0.5, 0.6) is 5.75 Å². The summed E-state index contributed by atoms with van der Waals surface area (Å²) in [4.78, 5) is 26.2. The molecular weight excluding hydrogens is 366 g/mol. The number of Topliss-reactive ketones (excluding diaryl/α,β-unsaturated/α-hetero) is 1. The van der Waals surface area contributed by atoms with Crippen molar-refractivity contribution >= 4 is 29.0 Å². The van der Waals surface area contributed by atoms with Gasteiger partial charge in [0.15, 0.2) is 5.60 Å². The van der Waals surface area contributed by atoms with E-state index in [0.717, 1.165) is 5.56 Å². The normalized spacial score (nSPS) is 18.3. The number of nitrogens with zero attached hydrogens (tertiary/aromatic N) is 1. The van der Waals surface area contributed by atoms with Crippen LogP contribution in [0.4, 0.5) is 5.69 Å². The van der Waals surface area contributed by atoms with Crippen LogP contribution >= 0.6 is 11.6 Å². The van der Waals surface area contributed by atoms with Gasteiger partial charge < -0.3 is 14.7 Å². The smallest absolute Gasteiger partial charge is 0.264 e. The van der Waals surface area contributed by atoms with E-state index in [1.165, 1.54) is 11.8 Å². The number of amides is 1. The number of benzene rings is 2. The Labute approximate surface area is 162 Å². The molecule has 6 heteroatoms. The Morgan fingerprint density at radius 1 is 1.30 bits per heavy atom. The van der Waals surface area contributed by atoms with Crippen molar-refractivity contribution < 1.29 is 19.4 Å². The zero-order chi connectivity index (χ0) is 19.6. The molecule has 0 saturated carbocycles. The van der Waals surface area contributed by atoms with Crippen molar-refractivity contribution in [2.24, 2.45) is 0 Å². The SMILES string of the molecule is C=CCOc1ccccc1CN1C(=O)[C@@](O)(CC(C)=O)c2cccc(Cl)c21. The van der Waals surface area contributed by atoms with Gasteiger partial charge in [0.25, 0.3) is 5.91 Å². The highest BCUT2D eigenvalue weighted by Gasteiger charge is 2.51. The van der Waals surface area contributed by atoms with E-state index in [9.17, 15) is 14.7 Å². The third-order valence-corrected chi connectivity index (χ3v) is 4.77. The van der Waals surface area contributed by atoms with Crippen LogP contribution < -0.4 is 9.64 Å². The number of ether oxygens (including phenoxy) is 1. The number of rotatable bonds is 7. The molecule has 1 heterocycles. The lowest BCUT2D eigenvalue weighted by Gasteiger charge is -2.23. The summed E-state index contributed by atoms with van der Waals surface area (Å²) in [5, 5.41) is 11.4. The topological polar surface area (TPSA) is 66.8 Å². The summed E-state index contributed by atoms with van der Waals surface area (Å²) >= 11 is 6.35. The Hall–Kier alpha value is -2.63. The summed E-state index contributed by atoms with van der Waals surface area (Å²) in [7, 11) is 0. The Morgan fingerprint density at radius 3 is 2.74 bits per heavy atom. The maximum Gasteiger partial charge on any atom is 0.264 e. The second-order valence-electron chi connectivity index (χ2n) is 6.47. The Bertz CT molecular complexity index is 911. The average Bonchev–Trinajstić information content (AvgIpc) is 2.83. The maximum atomic E-state index is 13.1. The number of halogens is 1. The summed E-state index contributed by atoms with van der Waals surface area (Å²) in [6, 6.07) is 12.2. The quantitative estimate of drug-likeness (QED) is 0.739. The van der Waals surface area contributed by atoms with E-state index in [4.69, 9.17) is 16.3 Å². The first-order valence-corrected chi connectivity index (χ1v) is 8.90. The van der Waals surface area contributed by atoms with Crippen LogP contribution in [-0.4, -0.2) is 23.4 Å². The minimum absolute atomic E-state index is 0.156.